The Morgan fingerprint density at radius 3 is 2.30 bits per heavy atom. The molecule has 4 nitrogen and oxygen atoms in total. The molecule has 3 N–H and O–H groups in total. The van der Waals surface area contributed by atoms with Crippen molar-refractivity contribution < 1.29 is 5.21 Å². The monoisotopic (exact) mass is 337 g/mol. The van der Waals surface area contributed by atoms with Gasteiger partial charge in [0.1, 0.15) is 0 Å². The van der Waals surface area contributed by atoms with Crippen molar-refractivity contribution in [3.63, 3.8) is 0 Å². The van der Waals surface area contributed by atoms with E-state index in [0.29, 0.717) is 0 Å². The first kappa shape index (κ1) is 13.7. The summed E-state index contributed by atoms with van der Waals surface area (Å²) in [6.07, 6.45) is 5.46. The largest absolute Gasteiger partial charge is 0.409 e. The average molecular weight is 338 g/mol. The van der Waals surface area contributed by atoms with Crippen LogP contribution in [0.4, 0.5) is 5.69 Å². The van der Waals surface area contributed by atoms with Gasteiger partial charge in [-0.05, 0) is 71.6 Å². The van der Waals surface area contributed by atoms with E-state index in [-0.39, 0.29) is 5.84 Å². The quantitative estimate of drug-likeness (QED) is 0.362. The fourth-order valence-electron chi connectivity index (χ4n) is 2.47. The van der Waals surface area contributed by atoms with Crippen molar-refractivity contribution in [2.45, 2.75) is 25.7 Å². The van der Waals surface area contributed by atoms with Crippen LogP contribution in [0, 0.1) is 11.8 Å². The molecule has 0 radical (unpaired) electrons. The highest BCUT2D eigenvalue weighted by Gasteiger charge is 2.29. The van der Waals surface area contributed by atoms with Gasteiger partial charge in [0.25, 0.3) is 0 Å². The van der Waals surface area contributed by atoms with Gasteiger partial charge in [-0.3, -0.25) is 0 Å². The highest BCUT2D eigenvalue weighted by Crippen LogP contribution is 2.36. The smallest absolute Gasteiger partial charge is 0.171 e. The average Bonchev–Trinajstić information content (AvgIpc) is 3.32. The maximum Gasteiger partial charge on any atom is 0.171 e. The van der Waals surface area contributed by atoms with E-state index in [2.05, 4.69) is 38.1 Å². The standard InChI is InChI=1S/C15H20BrN3O/c16-14-7-12(5-6-13(14)15(17)18-20)19(8-10-1-2-10)9-11-3-4-11/h5-7,10-11,20H,1-4,8-9H2,(H2,17,18). The predicted molar refractivity (Wildman–Crippen MR) is 84.3 cm³/mol. The van der Waals surface area contributed by atoms with E-state index in [9.17, 15) is 0 Å². The van der Waals surface area contributed by atoms with Gasteiger partial charge in [0.05, 0.1) is 0 Å². The van der Waals surface area contributed by atoms with Crippen LogP contribution in [0.1, 0.15) is 31.2 Å². The minimum Gasteiger partial charge on any atom is -0.409 e. The number of hydrogen-bond donors (Lipinski definition) is 2. The van der Waals surface area contributed by atoms with Crippen LogP contribution in [0.2, 0.25) is 0 Å². The van der Waals surface area contributed by atoms with Gasteiger partial charge in [0.15, 0.2) is 5.84 Å². The van der Waals surface area contributed by atoms with Crippen LogP contribution in [-0.4, -0.2) is 24.1 Å². The summed E-state index contributed by atoms with van der Waals surface area (Å²) in [6, 6.07) is 6.07. The van der Waals surface area contributed by atoms with Gasteiger partial charge < -0.3 is 15.8 Å². The molecule has 2 aliphatic carbocycles. The molecule has 5 heteroatoms. The zero-order chi connectivity index (χ0) is 14.1. The topological polar surface area (TPSA) is 61.9 Å². The number of benzene rings is 1. The van der Waals surface area contributed by atoms with E-state index in [1.165, 1.54) is 31.4 Å². The van der Waals surface area contributed by atoms with Crippen molar-refractivity contribution in [1.82, 2.24) is 0 Å². The van der Waals surface area contributed by atoms with E-state index >= 15 is 0 Å². The molecule has 2 saturated carbocycles. The third-order valence-corrected chi connectivity index (χ3v) is 4.71. The van der Waals surface area contributed by atoms with Crippen molar-refractivity contribution in [1.29, 1.82) is 0 Å². The first-order valence-electron chi connectivity index (χ1n) is 7.19. The number of amidine groups is 1. The maximum absolute atomic E-state index is 8.78. The molecule has 108 valence electrons. The second-order valence-electron chi connectivity index (χ2n) is 5.94. The molecule has 2 aliphatic rings. The Morgan fingerprint density at radius 1 is 1.25 bits per heavy atom. The molecule has 0 unspecified atom stereocenters. The molecule has 0 atom stereocenters. The highest BCUT2D eigenvalue weighted by atomic mass is 79.9. The molecule has 3 rings (SSSR count). The van der Waals surface area contributed by atoms with Crippen molar-refractivity contribution in [3.05, 3.63) is 28.2 Å². The lowest BCUT2D eigenvalue weighted by Crippen LogP contribution is -2.28. The van der Waals surface area contributed by atoms with Crippen molar-refractivity contribution >= 4 is 27.5 Å². The van der Waals surface area contributed by atoms with Crippen LogP contribution in [-0.2, 0) is 0 Å². The van der Waals surface area contributed by atoms with Crippen LogP contribution in [0.3, 0.4) is 0 Å². The lowest BCUT2D eigenvalue weighted by Gasteiger charge is -2.25. The van der Waals surface area contributed by atoms with Crippen LogP contribution in [0.15, 0.2) is 27.8 Å². The number of rotatable bonds is 6. The summed E-state index contributed by atoms with van der Waals surface area (Å²) in [6.45, 7) is 2.32. The van der Waals surface area contributed by atoms with Gasteiger partial charge in [0, 0.05) is 28.8 Å². The minimum atomic E-state index is 0.138. The van der Waals surface area contributed by atoms with Crippen LogP contribution in [0.25, 0.3) is 0 Å². The lowest BCUT2D eigenvalue weighted by molar-refractivity contribution is 0.318. The van der Waals surface area contributed by atoms with Gasteiger partial charge in [0.2, 0.25) is 0 Å². The number of hydrogen-bond acceptors (Lipinski definition) is 3. The van der Waals surface area contributed by atoms with E-state index in [1.807, 2.05) is 6.07 Å². The Hall–Kier alpha value is -1.23. The van der Waals surface area contributed by atoms with E-state index in [0.717, 1.165) is 35.0 Å². The molecule has 0 aliphatic heterocycles. The van der Waals surface area contributed by atoms with Crippen molar-refractivity contribution in [2.75, 3.05) is 18.0 Å². The van der Waals surface area contributed by atoms with Gasteiger partial charge in [-0.2, -0.15) is 0 Å². The third kappa shape index (κ3) is 3.26. The molecule has 0 bridgehead atoms. The second-order valence-corrected chi connectivity index (χ2v) is 6.80. The molecule has 0 aromatic heterocycles. The second kappa shape index (κ2) is 5.64. The molecule has 0 spiro atoms. The van der Waals surface area contributed by atoms with Crippen molar-refractivity contribution in [2.24, 2.45) is 22.7 Å². The SMILES string of the molecule is N/C(=N/O)c1ccc(N(CC2CC2)CC2CC2)cc1Br. The first-order chi connectivity index (χ1) is 9.67. The van der Waals surface area contributed by atoms with Gasteiger partial charge >= 0.3 is 0 Å². The zero-order valence-corrected chi connectivity index (χ0v) is 13.0. The Kier molecular flexibility index (Phi) is 3.87. The summed E-state index contributed by atoms with van der Waals surface area (Å²) in [7, 11) is 0. The molecule has 0 heterocycles. The van der Waals surface area contributed by atoms with Gasteiger partial charge in [-0.15, -0.1) is 0 Å². The maximum atomic E-state index is 8.78. The minimum absolute atomic E-state index is 0.138. The summed E-state index contributed by atoms with van der Waals surface area (Å²) in [5.41, 5.74) is 7.62. The predicted octanol–water partition coefficient (Wildman–Crippen LogP) is 3.17. The van der Waals surface area contributed by atoms with Crippen LogP contribution in [0.5, 0.6) is 0 Å². The Morgan fingerprint density at radius 2 is 1.85 bits per heavy atom. The normalized spacial score (nSPS) is 19.1. The fraction of sp³-hybridized carbons (Fsp3) is 0.533. The number of nitrogens with zero attached hydrogens (tertiary/aromatic N) is 2. The Bertz CT molecular complexity index is 510. The molecule has 20 heavy (non-hydrogen) atoms. The zero-order valence-electron chi connectivity index (χ0n) is 11.4. The van der Waals surface area contributed by atoms with Gasteiger partial charge in [-0.25, -0.2) is 0 Å². The molecular weight excluding hydrogens is 318 g/mol. The number of halogens is 1. The number of oxime groups is 1. The van der Waals surface area contributed by atoms with Gasteiger partial charge in [-0.1, -0.05) is 5.16 Å². The summed E-state index contributed by atoms with van der Waals surface area (Å²) in [5, 5.41) is 11.8. The lowest BCUT2D eigenvalue weighted by atomic mass is 10.1. The molecule has 0 saturated heterocycles. The Labute approximate surface area is 127 Å². The molecule has 1 aromatic carbocycles. The van der Waals surface area contributed by atoms with Crippen LogP contribution >= 0.6 is 15.9 Å². The first-order valence-corrected chi connectivity index (χ1v) is 7.99. The molecule has 1 aromatic rings. The molecule has 0 amide bonds. The van der Waals surface area contributed by atoms with E-state index < -0.39 is 0 Å². The van der Waals surface area contributed by atoms with Crippen molar-refractivity contribution in [3.8, 4) is 0 Å². The fourth-order valence-corrected chi connectivity index (χ4v) is 3.04. The summed E-state index contributed by atoms with van der Waals surface area (Å²) >= 11 is 3.52. The van der Waals surface area contributed by atoms with E-state index in [4.69, 9.17) is 10.9 Å². The van der Waals surface area contributed by atoms with E-state index in [1.54, 1.807) is 0 Å². The Balaban J connectivity index is 1.80. The van der Waals surface area contributed by atoms with Crippen LogP contribution < -0.4 is 10.6 Å². The number of nitrogens with two attached hydrogens (primary N) is 1. The summed E-state index contributed by atoms with van der Waals surface area (Å²) < 4.78 is 0.877. The molecule has 2 fully saturated rings. The molecular formula is C15H20BrN3O. The number of anilines is 1. The summed E-state index contributed by atoms with van der Waals surface area (Å²) in [5.74, 6) is 1.88. The third-order valence-electron chi connectivity index (χ3n) is 4.05. The highest BCUT2D eigenvalue weighted by molar-refractivity contribution is 9.10. The summed E-state index contributed by atoms with van der Waals surface area (Å²) in [4.78, 5) is 2.50.